The second-order valence-corrected chi connectivity index (χ2v) is 7.57. The van der Waals surface area contributed by atoms with Crippen molar-refractivity contribution in [1.82, 2.24) is 10.2 Å². The van der Waals surface area contributed by atoms with E-state index in [4.69, 9.17) is 4.74 Å². The van der Waals surface area contributed by atoms with Gasteiger partial charge in [0.2, 0.25) is 0 Å². The number of benzene rings is 1. The summed E-state index contributed by atoms with van der Waals surface area (Å²) >= 11 is 0. The molecule has 0 unspecified atom stereocenters. The SMILES string of the molecule is CNC(=O)C[NH+]1CCN(C(=O)C[NH+]2CCN(c3ccccc3OC)CC2)CC1. The maximum atomic E-state index is 12.7. The lowest BCUT2D eigenvalue weighted by molar-refractivity contribution is -0.898. The molecule has 2 heterocycles. The van der Waals surface area contributed by atoms with Gasteiger partial charge in [0.05, 0.1) is 65.2 Å². The van der Waals surface area contributed by atoms with Gasteiger partial charge in [-0.3, -0.25) is 9.59 Å². The molecule has 2 saturated heterocycles. The Labute approximate surface area is 167 Å². The van der Waals surface area contributed by atoms with E-state index in [1.165, 1.54) is 9.80 Å². The molecule has 0 aliphatic carbocycles. The number of piperazine rings is 2. The molecule has 2 aliphatic heterocycles. The highest BCUT2D eigenvalue weighted by Crippen LogP contribution is 2.27. The van der Waals surface area contributed by atoms with Crippen LogP contribution in [0.5, 0.6) is 5.75 Å². The Morgan fingerprint density at radius 2 is 1.61 bits per heavy atom. The van der Waals surface area contributed by atoms with E-state index in [1.807, 2.05) is 23.1 Å². The predicted molar refractivity (Wildman–Crippen MR) is 107 cm³/mol. The van der Waals surface area contributed by atoms with Crippen LogP contribution in [-0.4, -0.2) is 96.3 Å². The van der Waals surface area contributed by atoms with Crippen molar-refractivity contribution in [2.24, 2.45) is 0 Å². The maximum absolute atomic E-state index is 12.7. The van der Waals surface area contributed by atoms with E-state index in [0.29, 0.717) is 13.1 Å². The van der Waals surface area contributed by atoms with E-state index >= 15 is 0 Å². The summed E-state index contributed by atoms with van der Waals surface area (Å²) in [5.41, 5.74) is 1.13. The minimum atomic E-state index is 0.0622. The van der Waals surface area contributed by atoms with Gasteiger partial charge in [0.15, 0.2) is 13.1 Å². The van der Waals surface area contributed by atoms with Crippen LogP contribution in [0.25, 0.3) is 0 Å². The lowest BCUT2D eigenvalue weighted by Gasteiger charge is -2.36. The van der Waals surface area contributed by atoms with Gasteiger partial charge in [0, 0.05) is 7.05 Å². The Morgan fingerprint density at radius 3 is 2.25 bits per heavy atom. The van der Waals surface area contributed by atoms with Crippen LogP contribution in [0.15, 0.2) is 24.3 Å². The number of methoxy groups -OCH3 is 1. The van der Waals surface area contributed by atoms with Gasteiger partial charge in [-0.25, -0.2) is 0 Å². The Balaban J connectivity index is 1.42. The number of quaternary nitrogens is 2. The average molecular weight is 392 g/mol. The number of carbonyl (C=O) groups is 2. The third-order valence-corrected chi connectivity index (χ3v) is 5.81. The van der Waals surface area contributed by atoms with Crippen molar-refractivity contribution in [3.05, 3.63) is 24.3 Å². The van der Waals surface area contributed by atoms with Crippen molar-refractivity contribution < 1.29 is 24.1 Å². The number of nitrogens with one attached hydrogen (secondary N) is 3. The van der Waals surface area contributed by atoms with E-state index in [0.717, 1.165) is 63.8 Å². The number of amides is 2. The van der Waals surface area contributed by atoms with Gasteiger partial charge in [-0.15, -0.1) is 0 Å². The molecule has 1 aromatic carbocycles. The summed E-state index contributed by atoms with van der Waals surface area (Å²) in [5.74, 6) is 1.20. The number of anilines is 1. The molecule has 3 rings (SSSR count). The minimum Gasteiger partial charge on any atom is -0.495 e. The number of likely N-dealkylation sites (N-methyl/N-ethyl adjacent to an activating group) is 1. The number of ether oxygens (including phenoxy) is 1. The van der Waals surface area contributed by atoms with Crippen molar-refractivity contribution >= 4 is 17.5 Å². The van der Waals surface area contributed by atoms with Crippen LogP contribution in [0.3, 0.4) is 0 Å². The lowest BCUT2D eigenvalue weighted by Crippen LogP contribution is -3.17. The summed E-state index contributed by atoms with van der Waals surface area (Å²) in [5, 5.41) is 2.67. The molecule has 0 atom stereocenters. The smallest absolute Gasteiger partial charge is 0.278 e. The lowest BCUT2D eigenvalue weighted by atomic mass is 10.2. The van der Waals surface area contributed by atoms with Gasteiger partial charge < -0.3 is 29.7 Å². The zero-order valence-corrected chi connectivity index (χ0v) is 17.0. The van der Waals surface area contributed by atoms with E-state index in [1.54, 1.807) is 14.2 Å². The van der Waals surface area contributed by atoms with Crippen LogP contribution in [0.4, 0.5) is 5.69 Å². The summed E-state index contributed by atoms with van der Waals surface area (Å²) in [7, 11) is 3.37. The van der Waals surface area contributed by atoms with Crippen molar-refractivity contribution in [3.8, 4) is 5.75 Å². The fraction of sp³-hybridized carbons (Fsp3) is 0.600. The summed E-state index contributed by atoms with van der Waals surface area (Å²) in [6.07, 6.45) is 0. The number of nitrogens with zero attached hydrogens (tertiary/aromatic N) is 2. The molecule has 3 N–H and O–H groups in total. The van der Waals surface area contributed by atoms with E-state index in [-0.39, 0.29) is 11.8 Å². The topological polar surface area (TPSA) is 70.8 Å². The molecular formula is C20H33N5O3+2. The normalized spacial score (nSPS) is 18.8. The molecule has 1 aromatic rings. The number of carbonyl (C=O) groups excluding carboxylic acids is 2. The Bertz CT molecular complexity index is 668. The quantitative estimate of drug-likeness (QED) is 0.480. The van der Waals surface area contributed by atoms with Crippen molar-refractivity contribution in [1.29, 1.82) is 0 Å². The molecular weight excluding hydrogens is 358 g/mol. The summed E-state index contributed by atoms with van der Waals surface area (Å²) in [6.45, 7) is 7.97. The minimum absolute atomic E-state index is 0.0622. The molecule has 0 bridgehead atoms. The third-order valence-electron chi connectivity index (χ3n) is 5.81. The van der Waals surface area contributed by atoms with Crippen molar-refractivity contribution in [2.75, 3.05) is 84.5 Å². The maximum Gasteiger partial charge on any atom is 0.278 e. The van der Waals surface area contributed by atoms with E-state index in [9.17, 15) is 9.59 Å². The molecule has 2 amide bonds. The zero-order chi connectivity index (χ0) is 19.9. The Morgan fingerprint density at radius 1 is 1.00 bits per heavy atom. The molecule has 0 aromatic heterocycles. The molecule has 8 nitrogen and oxygen atoms in total. The van der Waals surface area contributed by atoms with Gasteiger partial charge >= 0.3 is 0 Å². The highest BCUT2D eigenvalue weighted by atomic mass is 16.5. The molecule has 2 fully saturated rings. The molecule has 28 heavy (non-hydrogen) atoms. The van der Waals surface area contributed by atoms with Gasteiger partial charge in [-0.1, -0.05) is 12.1 Å². The fourth-order valence-corrected chi connectivity index (χ4v) is 4.02. The second-order valence-electron chi connectivity index (χ2n) is 7.57. The molecule has 0 spiro atoms. The first-order chi connectivity index (χ1) is 13.6. The molecule has 8 heteroatoms. The van der Waals surface area contributed by atoms with Crippen LogP contribution < -0.4 is 24.8 Å². The van der Waals surface area contributed by atoms with Crippen LogP contribution in [0, 0.1) is 0 Å². The number of hydrogen-bond acceptors (Lipinski definition) is 4. The summed E-state index contributed by atoms with van der Waals surface area (Å²) in [4.78, 5) is 31.1. The van der Waals surface area contributed by atoms with Crippen LogP contribution in [-0.2, 0) is 9.59 Å². The standard InChI is InChI=1S/C20H31N5O3/c1-21-19(26)15-22-9-13-25(14-10-22)20(27)16-23-7-11-24(12-8-23)17-5-3-4-6-18(17)28-2/h3-6H,7-16H2,1-2H3,(H,21,26)/p+2. The number of rotatable bonds is 6. The molecule has 0 radical (unpaired) electrons. The first-order valence-electron chi connectivity index (χ1n) is 10.1. The van der Waals surface area contributed by atoms with E-state index < -0.39 is 0 Å². The predicted octanol–water partition coefficient (Wildman–Crippen LogP) is -3.13. The van der Waals surface area contributed by atoms with Crippen LogP contribution in [0.1, 0.15) is 0 Å². The fourth-order valence-electron chi connectivity index (χ4n) is 4.02. The highest BCUT2D eigenvalue weighted by molar-refractivity contribution is 5.77. The molecule has 2 aliphatic rings. The number of para-hydroxylation sites is 2. The Kier molecular flexibility index (Phi) is 7.11. The summed E-state index contributed by atoms with van der Waals surface area (Å²) < 4.78 is 5.47. The van der Waals surface area contributed by atoms with E-state index in [2.05, 4.69) is 16.3 Å². The monoisotopic (exact) mass is 391 g/mol. The third kappa shape index (κ3) is 5.14. The van der Waals surface area contributed by atoms with Gasteiger partial charge in [0.25, 0.3) is 11.8 Å². The van der Waals surface area contributed by atoms with Gasteiger partial charge in [0.1, 0.15) is 5.75 Å². The number of hydrogen-bond donors (Lipinski definition) is 3. The Hall–Kier alpha value is -2.32. The first-order valence-corrected chi connectivity index (χ1v) is 10.1. The van der Waals surface area contributed by atoms with Gasteiger partial charge in [-0.2, -0.15) is 0 Å². The van der Waals surface area contributed by atoms with Crippen molar-refractivity contribution in [2.45, 2.75) is 0 Å². The van der Waals surface area contributed by atoms with Gasteiger partial charge in [-0.05, 0) is 12.1 Å². The zero-order valence-electron chi connectivity index (χ0n) is 17.0. The summed E-state index contributed by atoms with van der Waals surface area (Å²) in [6, 6.07) is 8.10. The van der Waals surface area contributed by atoms with Crippen LogP contribution in [0.2, 0.25) is 0 Å². The molecule has 154 valence electrons. The first kappa shape index (κ1) is 20.4. The molecule has 0 saturated carbocycles. The van der Waals surface area contributed by atoms with Crippen LogP contribution >= 0.6 is 0 Å². The largest absolute Gasteiger partial charge is 0.495 e. The second kappa shape index (κ2) is 9.75. The average Bonchev–Trinajstić information content (AvgIpc) is 2.74. The van der Waals surface area contributed by atoms with Crippen molar-refractivity contribution in [3.63, 3.8) is 0 Å². The highest BCUT2D eigenvalue weighted by Gasteiger charge is 2.29.